The summed E-state index contributed by atoms with van der Waals surface area (Å²) in [5.41, 5.74) is 2.66. The van der Waals surface area contributed by atoms with Crippen molar-refractivity contribution in [3.05, 3.63) is 65.5 Å². The molecule has 0 fully saturated rings. The van der Waals surface area contributed by atoms with Crippen LogP contribution in [0.2, 0.25) is 0 Å². The fraction of sp³-hybridized carbons (Fsp3) is 0.100. The molecular formula is C20H17N3O2S. The molecule has 2 aromatic heterocycles. The SMILES string of the molecule is COc1ccc(NC(=O)c2cc3c(-c4ccccc4)nn(C)c3s2)cc1. The van der Waals surface area contributed by atoms with Crippen LogP contribution in [-0.2, 0) is 7.05 Å². The number of nitrogens with zero attached hydrogens (tertiary/aromatic N) is 2. The van der Waals surface area contributed by atoms with Crippen LogP contribution in [0.15, 0.2) is 60.7 Å². The lowest BCUT2D eigenvalue weighted by Crippen LogP contribution is -2.09. The smallest absolute Gasteiger partial charge is 0.265 e. The highest BCUT2D eigenvalue weighted by Crippen LogP contribution is 2.33. The highest BCUT2D eigenvalue weighted by Gasteiger charge is 2.18. The van der Waals surface area contributed by atoms with Gasteiger partial charge in [-0.15, -0.1) is 11.3 Å². The Morgan fingerprint density at radius 1 is 1.12 bits per heavy atom. The van der Waals surface area contributed by atoms with Crippen molar-refractivity contribution in [1.29, 1.82) is 0 Å². The minimum atomic E-state index is -0.129. The van der Waals surface area contributed by atoms with Crippen molar-refractivity contribution in [2.24, 2.45) is 7.05 Å². The fourth-order valence-electron chi connectivity index (χ4n) is 2.83. The Bertz CT molecular complexity index is 1070. The Kier molecular flexibility index (Phi) is 4.18. The Morgan fingerprint density at radius 3 is 2.54 bits per heavy atom. The summed E-state index contributed by atoms with van der Waals surface area (Å²) in [6.07, 6.45) is 0. The molecule has 130 valence electrons. The lowest BCUT2D eigenvalue weighted by atomic mass is 10.1. The number of carbonyl (C=O) groups excluding carboxylic acids is 1. The standard InChI is InChI=1S/C20H17N3O2S/c1-23-20-16(18(22-23)13-6-4-3-5-7-13)12-17(26-20)19(24)21-14-8-10-15(25-2)11-9-14/h3-12H,1-2H3,(H,21,24). The topological polar surface area (TPSA) is 56.1 Å². The number of thiophene rings is 1. The predicted molar refractivity (Wildman–Crippen MR) is 105 cm³/mol. The summed E-state index contributed by atoms with van der Waals surface area (Å²) in [6, 6.07) is 19.2. The average Bonchev–Trinajstić information content (AvgIpc) is 3.24. The van der Waals surface area contributed by atoms with Crippen molar-refractivity contribution in [2.45, 2.75) is 0 Å². The van der Waals surface area contributed by atoms with Crippen LogP contribution in [-0.4, -0.2) is 22.8 Å². The second kappa shape index (κ2) is 6.65. The lowest BCUT2D eigenvalue weighted by Gasteiger charge is -2.04. The summed E-state index contributed by atoms with van der Waals surface area (Å²) in [5.74, 6) is 0.624. The van der Waals surface area contributed by atoms with Crippen LogP contribution in [0.4, 0.5) is 5.69 Å². The summed E-state index contributed by atoms with van der Waals surface area (Å²) in [7, 11) is 3.51. The molecule has 0 saturated heterocycles. The number of aromatic nitrogens is 2. The summed E-state index contributed by atoms with van der Waals surface area (Å²) in [5, 5.41) is 8.52. The van der Waals surface area contributed by atoms with Crippen molar-refractivity contribution >= 4 is 33.1 Å². The van der Waals surface area contributed by atoms with Gasteiger partial charge >= 0.3 is 0 Å². The maximum absolute atomic E-state index is 12.6. The molecule has 2 aromatic carbocycles. The number of anilines is 1. The van der Waals surface area contributed by atoms with Crippen LogP contribution >= 0.6 is 11.3 Å². The van der Waals surface area contributed by atoms with Gasteiger partial charge in [0.25, 0.3) is 5.91 Å². The van der Waals surface area contributed by atoms with E-state index in [9.17, 15) is 4.79 Å². The van der Waals surface area contributed by atoms with Gasteiger partial charge in [-0.3, -0.25) is 9.48 Å². The number of carbonyl (C=O) groups is 1. The highest BCUT2D eigenvalue weighted by atomic mass is 32.1. The highest BCUT2D eigenvalue weighted by molar-refractivity contribution is 7.20. The van der Waals surface area contributed by atoms with E-state index < -0.39 is 0 Å². The normalized spacial score (nSPS) is 10.8. The maximum atomic E-state index is 12.6. The van der Waals surface area contributed by atoms with E-state index in [0.717, 1.165) is 32.9 Å². The quantitative estimate of drug-likeness (QED) is 0.578. The predicted octanol–water partition coefficient (Wildman–Crippen LogP) is 4.56. The third-order valence-electron chi connectivity index (χ3n) is 4.13. The molecule has 0 radical (unpaired) electrons. The summed E-state index contributed by atoms with van der Waals surface area (Å²) >= 11 is 1.44. The molecule has 6 heteroatoms. The van der Waals surface area contributed by atoms with E-state index in [1.54, 1.807) is 7.11 Å². The van der Waals surface area contributed by atoms with E-state index in [0.29, 0.717) is 4.88 Å². The van der Waals surface area contributed by atoms with Gasteiger partial charge in [0.2, 0.25) is 0 Å². The van der Waals surface area contributed by atoms with Gasteiger partial charge in [-0.25, -0.2) is 0 Å². The number of amides is 1. The van der Waals surface area contributed by atoms with Crippen molar-refractivity contribution in [3.63, 3.8) is 0 Å². The first-order valence-electron chi connectivity index (χ1n) is 8.13. The molecule has 4 aromatic rings. The fourth-order valence-corrected chi connectivity index (χ4v) is 3.80. The van der Waals surface area contributed by atoms with Gasteiger partial charge in [0, 0.05) is 23.7 Å². The molecule has 0 saturated carbocycles. The van der Waals surface area contributed by atoms with Gasteiger partial charge < -0.3 is 10.1 Å². The average molecular weight is 363 g/mol. The van der Waals surface area contributed by atoms with E-state index in [-0.39, 0.29) is 5.91 Å². The second-order valence-corrected chi connectivity index (χ2v) is 6.88. The maximum Gasteiger partial charge on any atom is 0.265 e. The number of rotatable bonds is 4. The molecular weight excluding hydrogens is 346 g/mol. The number of aryl methyl sites for hydroxylation is 1. The zero-order valence-electron chi connectivity index (χ0n) is 14.4. The third-order valence-corrected chi connectivity index (χ3v) is 5.33. The Hall–Kier alpha value is -3.12. The van der Waals surface area contributed by atoms with Gasteiger partial charge in [-0.05, 0) is 30.3 Å². The Morgan fingerprint density at radius 2 is 1.85 bits per heavy atom. The van der Waals surface area contributed by atoms with Crippen LogP contribution < -0.4 is 10.1 Å². The van der Waals surface area contributed by atoms with E-state index in [1.165, 1.54) is 11.3 Å². The third kappa shape index (κ3) is 2.95. The zero-order chi connectivity index (χ0) is 18.1. The molecule has 0 aliphatic carbocycles. The number of hydrogen-bond donors (Lipinski definition) is 1. The van der Waals surface area contributed by atoms with Gasteiger partial charge in [0.1, 0.15) is 16.3 Å². The molecule has 2 heterocycles. The molecule has 0 unspecified atom stereocenters. The summed E-state index contributed by atoms with van der Waals surface area (Å²) in [6.45, 7) is 0. The van der Waals surface area contributed by atoms with Gasteiger partial charge in [-0.1, -0.05) is 30.3 Å². The van der Waals surface area contributed by atoms with E-state index in [1.807, 2.05) is 72.4 Å². The number of hydrogen-bond acceptors (Lipinski definition) is 4. The number of benzene rings is 2. The van der Waals surface area contributed by atoms with Gasteiger partial charge in [0.05, 0.1) is 12.0 Å². The Labute approximate surface area is 154 Å². The van der Waals surface area contributed by atoms with Crippen molar-refractivity contribution < 1.29 is 9.53 Å². The number of ether oxygens (including phenoxy) is 1. The molecule has 5 nitrogen and oxygen atoms in total. The van der Waals surface area contributed by atoms with E-state index in [2.05, 4.69) is 10.4 Å². The van der Waals surface area contributed by atoms with Crippen LogP contribution in [0.3, 0.4) is 0 Å². The largest absolute Gasteiger partial charge is 0.497 e. The minimum Gasteiger partial charge on any atom is -0.497 e. The monoisotopic (exact) mass is 363 g/mol. The minimum absolute atomic E-state index is 0.129. The van der Waals surface area contributed by atoms with Gasteiger partial charge in [-0.2, -0.15) is 5.10 Å². The molecule has 0 bridgehead atoms. The summed E-state index contributed by atoms with van der Waals surface area (Å²) in [4.78, 5) is 14.3. The molecule has 0 aliphatic heterocycles. The molecule has 1 N–H and O–H groups in total. The van der Waals surface area contributed by atoms with E-state index >= 15 is 0 Å². The van der Waals surface area contributed by atoms with Crippen LogP contribution in [0.1, 0.15) is 9.67 Å². The lowest BCUT2D eigenvalue weighted by molar-refractivity contribution is 0.103. The number of fused-ring (bicyclic) bond motifs is 1. The van der Waals surface area contributed by atoms with Crippen molar-refractivity contribution in [1.82, 2.24) is 9.78 Å². The molecule has 0 aliphatic rings. The molecule has 4 rings (SSSR count). The first-order chi connectivity index (χ1) is 12.7. The molecule has 1 amide bonds. The van der Waals surface area contributed by atoms with E-state index in [4.69, 9.17) is 4.74 Å². The first-order valence-corrected chi connectivity index (χ1v) is 8.95. The second-order valence-electron chi connectivity index (χ2n) is 5.85. The van der Waals surface area contributed by atoms with Crippen LogP contribution in [0.25, 0.3) is 21.5 Å². The van der Waals surface area contributed by atoms with Crippen LogP contribution in [0, 0.1) is 0 Å². The molecule has 26 heavy (non-hydrogen) atoms. The van der Waals surface area contributed by atoms with Crippen LogP contribution in [0.5, 0.6) is 5.75 Å². The van der Waals surface area contributed by atoms with Crippen molar-refractivity contribution in [3.8, 4) is 17.0 Å². The zero-order valence-corrected chi connectivity index (χ0v) is 15.2. The molecule has 0 spiro atoms. The number of methoxy groups -OCH3 is 1. The summed E-state index contributed by atoms with van der Waals surface area (Å²) < 4.78 is 6.96. The van der Waals surface area contributed by atoms with Gasteiger partial charge in [0.15, 0.2) is 0 Å². The molecule has 0 atom stereocenters. The number of nitrogens with one attached hydrogen (secondary N) is 1. The van der Waals surface area contributed by atoms with Crippen molar-refractivity contribution in [2.75, 3.05) is 12.4 Å². The first kappa shape index (κ1) is 16.4. The Balaban J connectivity index is 1.65.